The van der Waals surface area contributed by atoms with Crippen LogP contribution in [0, 0.1) is 0 Å². The molecular formula is C16H12F6N2O4S. The van der Waals surface area contributed by atoms with Crippen molar-refractivity contribution in [3.8, 4) is 5.75 Å². The second-order valence-corrected chi connectivity index (χ2v) is 7.16. The lowest BCUT2D eigenvalue weighted by Crippen LogP contribution is -2.33. The minimum Gasteiger partial charge on any atom is -0.404 e. The molecule has 0 radical (unpaired) electrons. The summed E-state index contributed by atoms with van der Waals surface area (Å²) < 4.78 is 104. The number of ether oxygens (including phenoxy) is 1. The quantitative estimate of drug-likeness (QED) is 0.669. The van der Waals surface area contributed by atoms with E-state index in [1.165, 1.54) is 12.1 Å². The number of nitrogens with one attached hydrogen (secondary N) is 2. The fraction of sp³-hybridized carbons (Fsp3) is 0.188. The highest BCUT2D eigenvalue weighted by atomic mass is 32.2. The van der Waals surface area contributed by atoms with Crippen molar-refractivity contribution in [3.63, 3.8) is 0 Å². The van der Waals surface area contributed by atoms with E-state index in [0.29, 0.717) is 0 Å². The summed E-state index contributed by atoms with van der Waals surface area (Å²) in [6.45, 7) is -1.62. The third kappa shape index (κ3) is 6.85. The predicted molar refractivity (Wildman–Crippen MR) is 88.8 cm³/mol. The second-order valence-electron chi connectivity index (χ2n) is 5.48. The van der Waals surface area contributed by atoms with E-state index in [2.05, 4.69) is 4.74 Å². The van der Waals surface area contributed by atoms with Gasteiger partial charge in [0.25, 0.3) is 15.9 Å². The molecule has 13 heteroatoms. The first-order valence-electron chi connectivity index (χ1n) is 7.59. The molecule has 0 saturated carbocycles. The van der Waals surface area contributed by atoms with Crippen LogP contribution in [-0.4, -0.2) is 33.4 Å². The number of hydrogen-bond donors (Lipinski definition) is 2. The van der Waals surface area contributed by atoms with E-state index in [4.69, 9.17) is 0 Å². The molecule has 0 atom stereocenters. The molecule has 2 N–H and O–H groups in total. The van der Waals surface area contributed by atoms with E-state index in [0.717, 1.165) is 36.4 Å². The van der Waals surface area contributed by atoms with Gasteiger partial charge >= 0.3 is 12.5 Å². The summed E-state index contributed by atoms with van der Waals surface area (Å²) in [5, 5.41) is 1.58. The van der Waals surface area contributed by atoms with Crippen molar-refractivity contribution in [2.24, 2.45) is 0 Å². The highest BCUT2D eigenvalue weighted by Crippen LogP contribution is 2.31. The van der Waals surface area contributed by atoms with Gasteiger partial charge in [-0.1, -0.05) is 18.2 Å². The Morgan fingerprint density at radius 2 is 1.62 bits per heavy atom. The first-order chi connectivity index (χ1) is 13.3. The van der Waals surface area contributed by atoms with Crippen LogP contribution in [-0.2, 0) is 10.0 Å². The maximum atomic E-state index is 12.5. The second kappa shape index (κ2) is 8.19. The lowest BCUT2D eigenvalue weighted by molar-refractivity contribution is -0.274. The molecule has 0 unspecified atom stereocenters. The zero-order valence-electron chi connectivity index (χ0n) is 14.1. The topological polar surface area (TPSA) is 84.5 Å². The summed E-state index contributed by atoms with van der Waals surface area (Å²) in [4.78, 5) is 11.2. The molecule has 0 aliphatic rings. The van der Waals surface area contributed by atoms with Gasteiger partial charge in [0.05, 0.1) is 10.6 Å². The van der Waals surface area contributed by atoms with Crippen LogP contribution in [0.15, 0.2) is 53.4 Å². The van der Waals surface area contributed by atoms with E-state index in [1.807, 2.05) is 4.72 Å². The number of halogens is 6. The normalized spacial score (nSPS) is 12.3. The zero-order chi connectivity index (χ0) is 21.9. The van der Waals surface area contributed by atoms with Crippen LogP contribution in [0.4, 0.5) is 32.0 Å². The number of amides is 1. The van der Waals surface area contributed by atoms with Gasteiger partial charge in [0.15, 0.2) is 5.75 Å². The smallest absolute Gasteiger partial charge is 0.404 e. The summed E-state index contributed by atoms with van der Waals surface area (Å²) in [6, 6.07) is 8.29. The van der Waals surface area contributed by atoms with Crippen LogP contribution in [0.1, 0.15) is 10.4 Å². The maximum absolute atomic E-state index is 12.5. The van der Waals surface area contributed by atoms with Crippen LogP contribution < -0.4 is 14.8 Å². The Morgan fingerprint density at radius 3 is 2.24 bits per heavy atom. The van der Waals surface area contributed by atoms with Gasteiger partial charge in [0.2, 0.25) is 0 Å². The fourth-order valence-corrected chi connectivity index (χ4v) is 3.17. The van der Waals surface area contributed by atoms with Crippen molar-refractivity contribution < 1.29 is 44.3 Å². The van der Waals surface area contributed by atoms with Crippen molar-refractivity contribution in [3.05, 3.63) is 54.1 Å². The van der Waals surface area contributed by atoms with Gasteiger partial charge in [-0.15, -0.1) is 13.2 Å². The summed E-state index contributed by atoms with van der Waals surface area (Å²) >= 11 is 0. The van der Waals surface area contributed by atoms with E-state index >= 15 is 0 Å². The molecule has 6 nitrogen and oxygen atoms in total. The number of benzene rings is 2. The third-order valence-corrected chi connectivity index (χ3v) is 4.58. The molecule has 0 bridgehead atoms. The molecule has 0 aliphatic carbocycles. The molecule has 0 heterocycles. The van der Waals surface area contributed by atoms with Gasteiger partial charge in [0.1, 0.15) is 6.54 Å². The molecule has 2 aromatic rings. The number of carbonyl (C=O) groups is 1. The van der Waals surface area contributed by atoms with Crippen LogP contribution in [0.5, 0.6) is 5.75 Å². The van der Waals surface area contributed by atoms with Crippen molar-refractivity contribution >= 4 is 21.6 Å². The number of hydrogen-bond acceptors (Lipinski definition) is 4. The van der Waals surface area contributed by atoms with Crippen molar-refractivity contribution in [2.45, 2.75) is 17.4 Å². The molecule has 0 spiro atoms. The number of rotatable bonds is 6. The molecule has 29 heavy (non-hydrogen) atoms. The lowest BCUT2D eigenvalue weighted by atomic mass is 10.2. The van der Waals surface area contributed by atoms with Gasteiger partial charge in [0, 0.05) is 5.56 Å². The zero-order valence-corrected chi connectivity index (χ0v) is 15.0. The molecule has 0 saturated heterocycles. The van der Waals surface area contributed by atoms with E-state index < -0.39 is 56.9 Å². The first kappa shape index (κ1) is 22.3. The average Bonchev–Trinajstić information content (AvgIpc) is 2.59. The molecule has 1 amide bonds. The monoisotopic (exact) mass is 442 g/mol. The van der Waals surface area contributed by atoms with E-state index in [9.17, 15) is 39.6 Å². The molecular weight excluding hydrogens is 430 g/mol. The Hall–Kier alpha value is -2.96. The fourth-order valence-electron chi connectivity index (χ4n) is 2.06. The maximum Gasteiger partial charge on any atom is 0.573 e. The van der Waals surface area contributed by atoms with Crippen molar-refractivity contribution in [2.75, 3.05) is 11.3 Å². The highest BCUT2D eigenvalue weighted by Gasteiger charge is 2.33. The standard InChI is InChI=1S/C16H12F6N2O4S/c17-15(18,19)9-23-14(25)10-4-3-5-11(8-10)29(26,27)24-12-6-1-2-7-13(12)28-16(20,21)22/h1-8,24H,9H2,(H,23,25). The summed E-state index contributed by atoms with van der Waals surface area (Å²) in [6.07, 6.45) is -9.73. The minimum absolute atomic E-state index is 0.392. The minimum atomic E-state index is -5.07. The number of sulfonamides is 1. The van der Waals surface area contributed by atoms with Gasteiger partial charge in [-0.05, 0) is 30.3 Å². The lowest BCUT2D eigenvalue weighted by Gasteiger charge is -2.15. The SMILES string of the molecule is O=C(NCC(F)(F)F)c1cccc(S(=O)(=O)Nc2ccccc2OC(F)(F)F)c1. The molecule has 0 aliphatic heterocycles. The molecule has 0 aromatic heterocycles. The molecule has 2 aromatic carbocycles. The van der Waals surface area contributed by atoms with Gasteiger partial charge in [-0.3, -0.25) is 9.52 Å². The Labute approximate surface area is 160 Å². The summed E-state index contributed by atoms with van der Waals surface area (Å²) in [7, 11) is -4.49. The number of carbonyl (C=O) groups excluding carboxylic acids is 1. The summed E-state index contributed by atoms with van der Waals surface area (Å²) in [5.41, 5.74) is -0.922. The van der Waals surface area contributed by atoms with Crippen LogP contribution in [0.2, 0.25) is 0 Å². The third-order valence-electron chi connectivity index (χ3n) is 3.21. The van der Waals surface area contributed by atoms with Crippen LogP contribution >= 0.6 is 0 Å². The number of para-hydroxylation sites is 2. The summed E-state index contributed by atoms with van der Waals surface area (Å²) in [5.74, 6) is -2.00. The highest BCUT2D eigenvalue weighted by molar-refractivity contribution is 7.92. The van der Waals surface area contributed by atoms with Crippen LogP contribution in [0.25, 0.3) is 0 Å². The number of anilines is 1. The van der Waals surface area contributed by atoms with Crippen LogP contribution in [0.3, 0.4) is 0 Å². The Morgan fingerprint density at radius 1 is 0.966 bits per heavy atom. The van der Waals surface area contributed by atoms with Gasteiger partial charge in [-0.25, -0.2) is 8.42 Å². The van der Waals surface area contributed by atoms with E-state index in [1.54, 1.807) is 5.32 Å². The molecule has 0 fully saturated rings. The molecule has 158 valence electrons. The Kier molecular flexibility index (Phi) is 6.30. The average molecular weight is 442 g/mol. The van der Waals surface area contributed by atoms with E-state index in [-0.39, 0.29) is 0 Å². The van der Waals surface area contributed by atoms with Crippen molar-refractivity contribution in [1.29, 1.82) is 0 Å². The first-order valence-corrected chi connectivity index (χ1v) is 9.08. The molecule has 2 rings (SSSR count). The van der Waals surface area contributed by atoms with Crippen molar-refractivity contribution in [1.82, 2.24) is 5.32 Å². The largest absolute Gasteiger partial charge is 0.573 e. The van der Waals surface area contributed by atoms with Gasteiger partial charge in [-0.2, -0.15) is 13.2 Å². The number of alkyl halides is 6. The van der Waals surface area contributed by atoms with Gasteiger partial charge < -0.3 is 10.1 Å². The Balaban J connectivity index is 2.26. The Bertz CT molecular complexity index is 989. The predicted octanol–water partition coefficient (Wildman–Crippen LogP) is 3.68.